The van der Waals surface area contributed by atoms with Crippen LogP contribution in [-0.4, -0.2) is 21.4 Å². The van der Waals surface area contributed by atoms with Gasteiger partial charge in [0.1, 0.15) is 0 Å². The minimum absolute atomic E-state index is 0.283. The minimum Gasteiger partial charge on any atom is -0.369 e. The van der Waals surface area contributed by atoms with Crippen molar-refractivity contribution in [3.63, 3.8) is 0 Å². The highest BCUT2D eigenvalue weighted by Gasteiger charge is 2.51. The van der Waals surface area contributed by atoms with Crippen LogP contribution in [-0.2, 0) is 5.60 Å². The summed E-state index contributed by atoms with van der Waals surface area (Å²) in [6, 6.07) is 21.2. The molecule has 4 nitrogen and oxygen atoms in total. The van der Waals surface area contributed by atoms with Crippen LogP contribution >= 0.6 is 0 Å². The summed E-state index contributed by atoms with van der Waals surface area (Å²) < 4.78 is 1.48. The molecule has 0 spiro atoms. The van der Waals surface area contributed by atoms with Crippen LogP contribution in [0.3, 0.4) is 0 Å². The van der Waals surface area contributed by atoms with Crippen LogP contribution in [0.25, 0.3) is 21.8 Å². The summed E-state index contributed by atoms with van der Waals surface area (Å²) in [6.07, 6.45) is 0. The Morgan fingerprint density at radius 2 is 1.44 bits per heavy atom. The average Bonchev–Trinajstić information content (AvgIpc) is 3.00. The summed E-state index contributed by atoms with van der Waals surface area (Å²) in [5.41, 5.74) is -0.314. The molecule has 4 aromatic rings. The van der Waals surface area contributed by atoms with E-state index >= 15 is 0 Å². The fourth-order valence-corrected chi connectivity index (χ4v) is 3.80. The molecular weight excluding hydrogens is 314 g/mol. The predicted octanol–water partition coefficient (Wildman–Crippen LogP) is 3.52. The second-order valence-electron chi connectivity index (χ2n) is 6.27. The van der Waals surface area contributed by atoms with Gasteiger partial charge in [0, 0.05) is 21.9 Å². The van der Waals surface area contributed by atoms with Crippen molar-refractivity contribution in [1.29, 1.82) is 0 Å². The summed E-state index contributed by atoms with van der Waals surface area (Å²) >= 11 is 0. The number of aliphatic hydroxyl groups is 1. The van der Waals surface area contributed by atoms with Gasteiger partial charge in [0.15, 0.2) is 0 Å². The van der Waals surface area contributed by atoms with Gasteiger partial charge < -0.3 is 5.11 Å². The molecule has 4 heteroatoms. The van der Waals surface area contributed by atoms with Crippen molar-refractivity contribution in [2.75, 3.05) is 0 Å². The third kappa shape index (κ3) is 1.59. The highest BCUT2D eigenvalue weighted by atomic mass is 16.3. The molecule has 5 rings (SSSR count). The number of nitrogens with zero attached hydrogens (tertiary/aromatic N) is 1. The molecule has 1 unspecified atom stereocenters. The lowest BCUT2D eigenvalue weighted by molar-refractivity contribution is 0.0211. The first kappa shape index (κ1) is 14.1. The van der Waals surface area contributed by atoms with Crippen LogP contribution in [0, 0.1) is 0 Å². The quantitative estimate of drug-likeness (QED) is 0.544. The van der Waals surface area contributed by atoms with Crippen LogP contribution in [0.5, 0.6) is 0 Å². The monoisotopic (exact) mass is 327 g/mol. The van der Waals surface area contributed by atoms with Crippen molar-refractivity contribution in [3.8, 4) is 0 Å². The molecule has 1 atom stereocenters. The Bertz CT molecular complexity index is 1190. The molecular formula is C21H13NO3. The van der Waals surface area contributed by atoms with Crippen molar-refractivity contribution in [2.24, 2.45) is 0 Å². The Hall–Kier alpha value is -3.24. The molecule has 0 radical (unpaired) electrons. The van der Waals surface area contributed by atoms with Crippen LogP contribution in [0.2, 0.25) is 0 Å². The van der Waals surface area contributed by atoms with Crippen LogP contribution < -0.4 is 0 Å². The molecule has 3 aromatic carbocycles. The number of carbonyl (C=O) groups excluding carboxylic acids is 2. The molecule has 0 bridgehead atoms. The Morgan fingerprint density at radius 1 is 0.760 bits per heavy atom. The van der Waals surface area contributed by atoms with E-state index in [9.17, 15) is 14.7 Å². The zero-order valence-corrected chi connectivity index (χ0v) is 13.1. The van der Waals surface area contributed by atoms with Crippen molar-refractivity contribution in [2.45, 2.75) is 5.60 Å². The normalized spacial score (nSPS) is 19.7. The molecule has 1 aromatic heterocycles. The van der Waals surface area contributed by atoms with Gasteiger partial charge in [0.2, 0.25) is 11.4 Å². The first-order valence-electron chi connectivity index (χ1n) is 8.03. The minimum atomic E-state index is -2.22. The van der Waals surface area contributed by atoms with E-state index in [0.29, 0.717) is 16.6 Å². The number of rotatable bonds is 1. The van der Waals surface area contributed by atoms with E-state index in [1.807, 2.05) is 30.3 Å². The van der Waals surface area contributed by atoms with Gasteiger partial charge >= 0.3 is 0 Å². The van der Waals surface area contributed by atoms with Gasteiger partial charge in [0.05, 0.1) is 11.0 Å². The van der Waals surface area contributed by atoms with Gasteiger partial charge in [-0.15, -0.1) is 0 Å². The van der Waals surface area contributed by atoms with Crippen molar-refractivity contribution in [1.82, 2.24) is 4.57 Å². The Kier molecular flexibility index (Phi) is 2.63. The average molecular weight is 327 g/mol. The van der Waals surface area contributed by atoms with E-state index < -0.39 is 17.3 Å². The summed E-state index contributed by atoms with van der Waals surface area (Å²) in [5.74, 6) is -1.21. The fourth-order valence-electron chi connectivity index (χ4n) is 3.80. The molecule has 0 aliphatic carbocycles. The van der Waals surface area contributed by atoms with E-state index in [1.54, 1.807) is 42.5 Å². The second-order valence-corrected chi connectivity index (χ2v) is 6.27. The summed E-state index contributed by atoms with van der Waals surface area (Å²) in [6.45, 7) is 0. The first-order valence-corrected chi connectivity index (χ1v) is 8.03. The lowest BCUT2D eigenvalue weighted by atomic mass is 9.82. The van der Waals surface area contributed by atoms with Crippen molar-refractivity contribution >= 4 is 33.5 Å². The lowest BCUT2D eigenvalue weighted by Crippen LogP contribution is -2.49. The van der Waals surface area contributed by atoms with Gasteiger partial charge in [-0.1, -0.05) is 60.7 Å². The van der Waals surface area contributed by atoms with Gasteiger partial charge in [-0.05, 0) is 12.1 Å². The number of para-hydroxylation sites is 2. The summed E-state index contributed by atoms with van der Waals surface area (Å²) in [4.78, 5) is 26.4. The van der Waals surface area contributed by atoms with Crippen molar-refractivity contribution in [3.05, 3.63) is 83.9 Å². The summed E-state index contributed by atoms with van der Waals surface area (Å²) in [7, 11) is 0. The van der Waals surface area contributed by atoms with E-state index in [2.05, 4.69) is 0 Å². The standard InChI is InChI=1S/C21H13NO3/c23-19-16-11-6-10-15-14-9-4-5-12-17(14)22(18(15)16)20(24)21(19,25)13-7-2-1-3-8-13/h1-12,25H. The molecule has 1 aliphatic rings. The maximum absolute atomic E-state index is 13.3. The number of ketones is 1. The molecule has 25 heavy (non-hydrogen) atoms. The summed E-state index contributed by atoms with van der Waals surface area (Å²) in [5, 5.41) is 13.0. The zero-order valence-electron chi connectivity index (χ0n) is 13.1. The molecule has 1 aliphatic heterocycles. The molecule has 2 heterocycles. The maximum Gasteiger partial charge on any atom is 0.276 e. The molecule has 120 valence electrons. The number of aromatic nitrogens is 1. The maximum atomic E-state index is 13.3. The van der Waals surface area contributed by atoms with Crippen LogP contribution in [0.1, 0.15) is 20.7 Å². The van der Waals surface area contributed by atoms with Gasteiger partial charge in [-0.3, -0.25) is 14.2 Å². The van der Waals surface area contributed by atoms with Gasteiger partial charge in [-0.25, -0.2) is 0 Å². The van der Waals surface area contributed by atoms with Crippen LogP contribution in [0.4, 0.5) is 0 Å². The predicted molar refractivity (Wildman–Crippen MR) is 94.7 cm³/mol. The van der Waals surface area contributed by atoms with Crippen LogP contribution in [0.15, 0.2) is 72.8 Å². The molecule has 0 fully saturated rings. The van der Waals surface area contributed by atoms with E-state index in [-0.39, 0.29) is 5.56 Å². The number of Topliss-reactive ketones (excluding diaryl/α,β-unsaturated/α-hetero) is 1. The Morgan fingerprint density at radius 3 is 2.24 bits per heavy atom. The van der Waals surface area contributed by atoms with E-state index in [0.717, 1.165) is 10.8 Å². The van der Waals surface area contributed by atoms with E-state index in [1.165, 1.54) is 4.57 Å². The van der Waals surface area contributed by atoms with E-state index in [4.69, 9.17) is 0 Å². The second kappa shape index (κ2) is 4.65. The molecule has 0 saturated heterocycles. The molecule has 0 amide bonds. The topological polar surface area (TPSA) is 59.3 Å². The number of benzene rings is 3. The Balaban J connectivity index is 1.96. The van der Waals surface area contributed by atoms with Gasteiger partial charge in [-0.2, -0.15) is 0 Å². The third-order valence-corrected chi connectivity index (χ3v) is 4.97. The molecule has 0 saturated carbocycles. The number of fused-ring (bicyclic) bond motifs is 3. The number of carbonyl (C=O) groups is 2. The van der Waals surface area contributed by atoms with Crippen molar-refractivity contribution < 1.29 is 14.7 Å². The zero-order chi connectivity index (χ0) is 17.2. The number of hydrogen-bond acceptors (Lipinski definition) is 3. The fraction of sp³-hybridized carbons (Fsp3) is 0.0476. The first-order chi connectivity index (χ1) is 12.1. The highest BCUT2D eigenvalue weighted by molar-refractivity contribution is 6.31. The Labute approximate surface area is 142 Å². The highest BCUT2D eigenvalue weighted by Crippen LogP contribution is 2.40. The largest absolute Gasteiger partial charge is 0.369 e. The smallest absolute Gasteiger partial charge is 0.276 e. The number of hydrogen-bond donors (Lipinski definition) is 1. The molecule has 1 N–H and O–H groups in total. The SMILES string of the molecule is O=C1c2cccc3c4ccccc4n(c23)C(=O)C1(O)c1ccccc1. The third-order valence-electron chi connectivity index (χ3n) is 4.97. The van der Waals surface area contributed by atoms with Gasteiger partial charge in [0.25, 0.3) is 5.91 Å². The lowest BCUT2D eigenvalue weighted by Gasteiger charge is -2.30.